The lowest BCUT2D eigenvalue weighted by Gasteiger charge is -2.08. The first-order valence-corrected chi connectivity index (χ1v) is 7.71. The van der Waals surface area contributed by atoms with Gasteiger partial charge in [0.25, 0.3) is 5.91 Å². The number of hydrogen-bond donors (Lipinski definition) is 1. The summed E-state index contributed by atoms with van der Waals surface area (Å²) in [5, 5.41) is 2.31. The first kappa shape index (κ1) is 17.2. The van der Waals surface area contributed by atoms with E-state index < -0.39 is 24.3 Å². The van der Waals surface area contributed by atoms with Gasteiger partial charge in [0.05, 0.1) is 5.69 Å². The fourth-order valence-corrected chi connectivity index (χ4v) is 1.97. The van der Waals surface area contributed by atoms with Gasteiger partial charge in [-0.2, -0.15) is 0 Å². The van der Waals surface area contributed by atoms with Gasteiger partial charge in [-0.1, -0.05) is 12.1 Å². The Balaban J connectivity index is 1.72. The molecule has 7 heteroatoms. The fraction of sp³-hybridized carbons (Fsp3) is 0.125. The van der Waals surface area contributed by atoms with Crippen molar-refractivity contribution in [2.45, 2.75) is 0 Å². The van der Waals surface area contributed by atoms with Crippen LogP contribution in [0.15, 0.2) is 48.5 Å². The number of anilines is 1. The smallest absolute Gasteiger partial charge is 0.344 e. The monoisotopic (exact) mass is 429 g/mol. The molecule has 0 aliphatic heterocycles. The molecule has 2 rings (SSSR count). The zero-order valence-corrected chi connectivity index (χ0v) is 14.1. The maximum Gasteiger partial charge on any atom is 0.344 e. The molecule has 1 amide bonds. The van der Waals surface area contributed by atoms with E-state index in [1.807, 2.05) is 12.1 Å². The molecule has 1 N–H and O–H groups in total. The third kappa shape index (κ3) is 5.85. The van der Waals surface area contributed by atoms with E-state index in [1.54, 1.807) is 18.2 Å². The Morgan fingerprint density at radius 2 is 1.74 bits per heavy atom. The molecular formula is C16H13FINO4. The zero-order valence-electron chi connectivity index (χ0n) is 11.9. The summed E-state index contributed by atoms with van der Waals surface area (Å²) in [5.41, 5.74) is 0.0312. The first-order valence-electron chi connectivity index (χ1n) is 6.63. The lowest BCUT2D eigenvalue weighted by molar-refractivity contribution is -0.149. The second-order valence-corrected chi connectivity index (χ2v) is 5.68. The van der Waals surface area contributed by atoms with Gasteiger partial charge in [0, 0.05) is 3.57 Å². The maximum absolute atomic E-state index is 13.3. The van der Waals surface area contributed by atoms with E-state index in [4.69, 9.17) is 9.47 Å². The quantitative estimate of drug-likeness (QED) is 0.567. The second-order valence-electron chi connectivity index (χ2n) is 4.43. The number of esters is 1. The number of carbonyl (C=O) groups excluding carboxylic acids is 2. The van der Waals surface area contributed by atoms with Crippen molar-refractivity contribution < 1.29 is 23.5 Å². The van der Waals surface area contributed by atoms with Crippen LogP contribution >= 0.6 is 22.6 Å². The molecule has 2 aromatic carbocycles. The molecule has 0 fully saturated rings. The number of para-hydroxylation sites is 1. The molecule has 0 atom stereocenters. The van der Waals surface area contributed by atoms with Crippen molar-refractivity contribution >= 4 is 40.2 Å². The lowest BCUT2D eigenvalue weighted by Crippen LogP contribution is -2.24. The summed E-state index contributed by atoms with van der Waals surface area (Å²) in [6.45, 7) is -0.823. The van der Waals surface area contributed by atoms with Gasteiger partial charge in [0.2, 0.25) is 0 Å². The van der Waals surface area contributed by atoms with Gasteiger partial charge in [-0.3, -0.25) is 4.79 Å². The molecule has 0 bridgehead atoms. The summed E-state index contributed by atoms with van der Waals surface area (Å²) in [4.78, 5) is 23.1. The van der Waals surface area contributed by atoms with Gasteiger partial charge >= 0.3 is 5.97 Å². The van der Waals surface area contributed by atoms with Crippen LogP contribution in [0.3, 0.4) is 0 Å². The van der Waals surface area contributed by atoms with Crippen molar-refractivity contribution in [1.29, 1.82) is 0 Å². The Labute approximate surface area is 145 Å². The van der Waals surface area contributed by atoms with Crippen LogP contribution in [0.2, 0.25) is 0 Å². The van der Waals surface area contributed by atoms with Crippen LogP contribution in [0.5, 0.6) is 5.75 Å². The summed E-state index contributed by atoms with van der Waals surface area (Å²) in [6, 6.07) is 12.8. The molecule has 0 aliphatic rings. The van der Waals surface area contributed by atoms with Gasteiger partial charge in [-0.15, -0.1) is 0 Å². The largest absolute Gasteiger partial charge is 0.482 e. The molecular weight excluding hydrogens is 416 g/mol. The minimum atomic E-state index is -0.688. The van der Waals surface area contributed by atoms with Crippen molar-refractivity contribution in [3.8, 4) is 5.75 Å². The topological polar surface area (TPSA) is 64.6 Å². The highest BCUT2D eigenvalue weighted by Gasteiger charge is 2.10. The van der Waals surface area contributed by atoms with Crippen molar-refractivity contribution in [2.75, 3.05) is 18.5 Å². The lowest BCUT2D eigenvalue weighted by atomic mass is 10.3. The third-order valence-electron chi connectivity index (χ3n) is 2.68. The SMILES string of the molecule is O=C(COC(=O)COc1ccc(I)cc1)Nc1ccccc1F. The van der Waals surface area contributed by atoms with Crippen LogP contribution in [0.1, 0.15) is 0 Å². The average Bonchev–Trinajstić information content (AvgIpc) is 2.54. The van der Waals surface area contributed by atoms with Crippen molar-refractivity contribution in [3.63, 3.8) is 0 Å². The predicted molar refractivity (Wildman–Crippen MR) is 90.6 cm³/mol. The van der Waals surface area contributed by atoms with E-state index in [0.717, 1.165) is 3.57 Å². The molecule has 0 saturated carbocycles. The van der Waals surface area contributed by atoms with Crippen LogP contribution in [0.4, 0.5) is 10.1 Å². The normalized spacial score (nSPS) is 10.0. The van der Waals surface area contributed by atoms with Gasteiger partial charge in [0.15, 0.2) is 13.2 Å². The van der Waals surface area contributed by atoms with Gasteiger partial charge in [-0.25, -0.2) is 9.18 Å². The van der Waals surface area contributed by atoms with Crippen molar-refractivity contribution in [2.24, 2.45) is 0 Å². The zero-order chi connectivity index (χ0) is 16.7. The van der Waals surface area contributed by atoms with Crippen molar-refractivity contribution in [1.82, 2.24) is 0 Å². The number of hydrogen-bond acceptors (Lipinski definition) is 4. The molecule has 0 saturated heterocycles. The Kier molecular flexibility index (Phi) is 6.33. The summed E-state index contributed by atoms with van der Waals surface area (Å²) in [6.07, 6.45) is 0. The molecule has 0 heterocycles. The molecule has 5 nitrogen and oxygen atoms in total. The number of halogens is 2. The standard InChI is InChI=1S/C16H13FINO4/c17-13-3-1-2-4-14(13)19-15(20)9-23-16(21)10-22-12-7-5-11(18)6-8-12/h1-8H,9-10H2,(H,19,20). The average molecular weight is 429 g/mol. The van der Waals surface area contributed by atoms with Crippen LogP contribution < -0.4 is 10.1 Å². The summed E-state index contributed by atoms with van der Waals surface area (Å²) >= 11 is 2.15. The van der Waals surface area contributed by atoms with Crippen LogP contribution in [-0.2, 0) is 14.3 Å². The number of ether oxygens (including phenoxy) is 2. The minimum Gasteiger partial charge on any atom is -0.482 e. The number of amides is 1. The molecule has 0 aliphatic carbocycles. The third-order valence-corrected chi connectivity index (χ3v) is 3.40. The van der Waals surface area contributed by atoms with Gasteiger partial charge < -0.3 is 14.8 Å². The molecule has 2 aromatic rings. The van der Waals surface area contributed by atoms with Crippen LogP contribution in [0, 0.1) is 9.39 Å². The van der Waals surface area contributed by atoms with Crippen molar-refractivity contribution in [3.05, 3.63) is 57.9 Å². The molecule has 0 spiro atoms. The summed E-state index contributed by atoms with van der Waals surface area (Å²) < 4.78 is 24.4. The van der Waals surface area contributed by atoms with Gasteiger partial charge in [0.1, 0.15) is 11.6 Å². The Morgan fingerprint density at radius 1 is 1.04 bits per heavy atom. The highest BCUT2D eigenvalue weighted by atomic mass is 127. The number of carbonyl (C=O) groups is 2. The fourth-order valence-electron chi connectivity index (χ4n) is 1.61. The molecule has 23 heavy (non-hydrogen) atoms. The maximum atomic E-state index is 13.3. The van der Waals surface area contributed by atoms with E-state index in [9.17, 15) is 14.0 Å². The van der Waals surface area contributed by atoms with Gasteiger partial charge in [-0.05, 0) is 59.0 Å². The Bertz CT molecular complexity index is 691. The predicted octanol–water partition coefficient (Wildman–Crippen LogP) is 2.99. The van der Waals surface area contributed by atoms with Crippen LogP contribution in [0.25, 0.3) is 0 Å². The van der Waals surface area contributed by atoms with Crippen LogP contribution in [-0.4, -0.2) is 25.1 Å². The minimum absolute atomic E-state index is 0.0312. The van der Waals surface area contributed by atoms with E-state index in [1.165, 1.54) is 18.2 Å². The molecule has 120 valence electrons. The number of nitrogens with one attached hydrogen (secondary N) is 1. The highest BCUT2D eigenvalue weighted by Crippen LogP contribution is 2.13. The Morgan fingerprint density at radius 3 is 2.43 bits per heavy atom. The Hall–Kier alpha value is -2.16. The van der Waals surface area contributed by atoms with E-state index >= 15 is 0 Å². The summed E-state index contributed by atoms with van der Waals surface area (Å²) in [5.74, 6) is -1.35. The second kappa shape index (κ2) is 8.47. The molecule has 0 unspecified atom stereocenters. The van der Waals surface area contributed by atoms with E-state index in [-0.39, 0.29) is 12.3 Å². The van der Waals surface area contributed by atoms with E-state index in [0.29, 0.717) is 5.75 Å². The number of benzene rings is 2. The first-order chi connectivity index (χ1) is 11.0. The summed E-state index contributed by atoms with van der Waals surface area (Å²) in [7, 11) is 0. The highest BCUT2D eigenvalue weighted by molar-refractivity contribution is 14.1. The van der Waals surface area contributed by atoms with E-state index in [2.05, 4.69) is 27.9 Å². The molecule has 0 radical (unpaired) electrons. The molecule has 0 aromatic heterocycles. The number of rotatable bonds is 6.